The van der Waals surface area contributed by atoms with Gasteiger partial charge < -0.3 is 24.7 Å². The molecule has 0 rings (SSSR count). The summed E-state index contributed by atoms with van der Waals surface area (Å²) >= 11 is 0. The van der Waals surface area contributed by atoms with Gasteiger partial charge in [-0.3, -0.25) is 0 Å². The number of nitrogens with two attached hydrogens (primary N) is 1. The van der Waals surface area contributed by atoms with Gasteiger partial charge in [-0.25, -0.2) is 4.79 Å². The summed E-state index contributed by atoms with van der Waals surface area (Å²) < 4.78 is 19.4. The maximum atomic E-state index is 10.7. The summed E-state index contributed by atoms with van der Waals surface area (Å²) in [5.41, 5.74) is 5.22. The van der Waals surface area contributed by atoms with E-state index in [4.69, 9.17) is 15.2 Å². The lowest BCUT2D eigenvalue weighted by molar-refractivity contribution is 0.0113. The number of rotatable bonds is 9. The largest absolute Gasteiger partial charge is 0.508 e. The molecule has 0 aliphatic carbocycles. The van der Waals surface area contributed by atoms with E-state index in [0.29, 0.717) is 39.6 Å². The van der Waals surface area contributed by atoms with E-state index in [-0.39, 0.29) is 6.61 Å². The van der Waals surface area contributed by atoms with Crippen molar-refractivity contribution in [3.8, 4) is 0 Å². The van der Waals surface area contributed by atoms with Crippen LogP contribution in [0.15, 0.2) is 0 Å². The van der Waals surface area contributed by atoms with Gasteiger partial charge >= 0.3 is 6.16 Å². The van der Waals surface area contributed by atoms with Gasteiger partial charge in [-0.1, -0.05) is 0 Å². The Labute approximate surface area is 89.6 Å². The molecule has 0 spiro atoms. The number of hydrogen-bond donors (Lipinski definition) is 1. The Morgan fingerprint density at radius 3 is 2.20 bits per heavy atom. The van der Waals surface area contributed by atoms with Crippen LogP contribution in [0.1, 0.15) is 6.92 Å². The van der Waals surface area contributed by atoms with E-state index in [1.54, 1.807) is 6.92 Å². The molecule has 0 saturated heterocycles. The highest BCUT2D eigenvalue weighted by molar-refractivity contribution is 5.59. The van der Waals surface area contributed by atoms with Gasteiger partial charge in [0.15, 0.2) is 0 Å². The van der Waals surface area contributed by atoms with Crippen LogP contribution in [0.2, 0.25) is 0 Å². The van der Waals surface area contributed by atoms with Crippen molar-refractivity contribution in [2.45, 2.75) is 6.92 Å². The highest BCUT2D eigenvalue weighted by Gasteiger charge is 2.00. The molecule has 2 N–H and O–H groups in total. The van der Waals surface area contributed by atoms with Gasteiger partial charge in [0.25, 0.3) is 0 Å². The fraction of sp³-hybridized carbons (Fsp3) is 0.889. The monoisotopic (exact) mass is 221 g/mol. The molecule has 90 valence electrons. The van der Waals surface area contributed by atoms with E-state index in [1.165, 1.54) is 0 Å². The average molecular weight is 221 g/mol. The Morgan fingerprint density at radius 2 is 1.60 bits per heavy atom. The molecule has 0 heterocycles. The standard InChI is InChI=1S/C9H19NO5/c1-2-14-9(11)15-8-7-13-6-5-12-4-3-10/h2-8,10H2,1H3. The van der Waals surface area contributed by atoms with Crippen LogP contribution in [0.5, 0.6) is 0 Å². The zero-order valence-corrected chi connectivity index (χ0v) is 9.07. The summed E-state index contributed by atoms with van der Waals surface area (Å²) in [6.45, 7) is 4.55. The number of hydrogen-bond acceptors (Lipinski definition) is 6. The summed E-state index contributed by atoms with van der Waals surface area (Å²) in [6, 6.07) is 0. The molecule has 6 heteroatoms. The van der Waals surface area contributed by atoms with Crippen LogP contribution in [0.4, 0.5) is 4.79 Å². The second kappa shape index (κ2) is 11.2. The molecule has 0 saturated carbocycles. The molecule has 6 nitrogen and oxygen atoms in total. The molecule has 0 aromatic heterocycles. The van der Waals surface area contributed by atoms with Gasteiger partial charge in [0.1, 0.15) is 6.61 Å². The number of carbonyl (C=O) groups excluding carboxylic acids is 1. The fourth-order valence-corrected chi connectivity index (χ4v) is 0.749. The van der Waals surface area contributed by atoms with Crippen LogP contribution in [-0.4, -0.2) is 52.3 Å². The Kier molecular flexibility index (Phi) is 10.6. The Morgan fingerprint density at radius 1 is 1.00 bits per heavy atom. The van der Waals surface area contributed by atoms with Crippen molar-refractivity contribution in [1.29, 1.82) is 0 Å². The third kappa shape index (κ3) is 11.1. The molecule has 0 fully saturated rings. The third-order valence-corrected chi connectivity index (χ3v) is 1.34. The zero-order chi connectivity index (χ0) is 11.4. The van der Waals surface area contributed by atoms with Crippen molar-refractivity contribution >= 4 is 6.16 Å². The maximum absolute atomic E-state index is 10.7. The Balaban J connectivity index is 3.01. The molecule has 0 bridgehead atoms. The van der Waals surface area contributed by atoms with Crippen LogP contribution in [0.25, 0.3) is 0 Å². The zero-order valence-electron chi connectivity index (χ0n) is 9.07. The molecule has 0 aliphatic heterocycles. The summed E-state index contributed by atoms with van der Waals surface area (Å²) in [5, 5.41) is 0. The minimum atomic E-state index is -0.666. The molecule has 0 aliphatic rings. The Bertz CT molecular complexity index is 153. The van der Waals surface area contributed by atoms with Gasteiger partial charge in [0, 0.05) is 6.54 Å². The van der Waals surface area contributed by atoms with Gasteiger partial charge in [0.2, 0.25) is 0 Å². The lowest BCUT2D eigenvalue weighted by atomic mass is 10.7. The van der Waals surface area contributed by atoms with Gasteiger partial charge in [-0.15, -0.1) is 0 Å². The predicted molar refractivity (Wildman–Crippen MR) is 53.7 cm³/mol. The van der Waals surface area contributed by atoms with Crippen LogP contribution in [-0.2, 0) is 18.9 Å². The predicted octanol–water partition coefficient (Wildman–Crippen LogP) is 0.151. The van der Waals surface area contributed by atoms with Crippen LogP contribution < -0.4 is 5.73 Å². The topological polar surface area (TPSA) is 80.0 Å². The summed E-state index contributed by atoms with van der Waals surface area (Å²) in [4.78, 5) is 10.7. The number of ether oxygens (including phenoxy) is 4. The van der Waals surface area contributed by atoms with Crippen LogP contribution >= 0.6 is 0 Å². The van der Waals surface area contributed by atoms with E-state index in [0.717, 1.165) is 0 Å². The van der Waals surface area contributed by atoms with Crippen molar-refractivity contribution in [3.05, 3.63) is 0 Å². The molecule has 0 aromatic rings. The minimum Gasteiger partial charge on any atom is -0.435 e. The molecule has 0 radical (unpaired) electrons. The summed E-state index contributed by atoms with van der Waals surface area (Å²) in [5.74, 6) is 0. The van der Waals surface area contributed by atoms with Gasteiger partial charge in [-0.05, 0) is 6.92 Å². The fourth-order valence-electron chi connectivity index (χ4n) is 0.749. The maximum Gasteiger partial charge on any atom is 0.508 e. The molecule has 15 heavy (non-hydrogen) atoms. The first-order valence-electron chi connectivity index (χ1n) is 4.96. The summed E-state index contributed by atoms with van der Waals surface area (Å²) in [7, 11) is 0. The van der Waals surface area contributed by atoms with Crippen LogP contribution in [0, 0.1) is 0 Å². The first kappa shape index (κ1) is 14.2. The SMILES string of the molecule is CCOC(=O)OCCOCCOCCN. The van der Waals surface area contributed by atoms with E-state index < -0.39 is 6.16 Å². The van der Waals surface area contributed by atoms with Crippen molar-refractivity contribution in [2.24, 2.45) is 5.73 Å². The van der Waals surface area contributed by atoms with E-state index in [1.807, 2.05) is 0 Å². The lowest BCUT2D eigenvalue weighted by Crippen LogP contribution is -2.15. The van der Waals surface area contributed by atoms with Crippen LogP contribution in [0.3, 0.4) is 0 Å². The normalized spacial score (nSPS) is 10.0. The third-order valence-electron chi connectivity index (χ3n) is 1.34. The second-order valence-electron chi connectivity index (χ2n) is 2.54. The second-order valence-corrected chi connectivity index (χ2v) is 2.54. The molecule has 0 amide bonds. The van der Waals surface area contributed by atoms with Gasteiger partial charge in [0.05, 0.1) is 33.0 Å². The first-order chi connectivity index (χ1) is 7.31. The van der Waals surface area contributed by atoms with Crippen molar-refractivity contribution in [3.63, 3.8) is 0 Å². The first-order valence-corrected chi connectivity index (χ1v) is 4.96. The van der Waals surface area contributed by atoms with Gasteiger partial charge in [-0.2, -0.15) is 0 Å². The highest BCUT2D eigenvalue weighted by Crippen LogP contribution is 1.85. The number of carbonyl (C=O) groups is 1. The molecular formula is C9H19NO5. The van der Waals surface area contributed by atoms with Crippen molar-refractivity contribution < 1.29 is 23.7 Å². The molecular weight excluding hydrogens is 202 g/mol. The van der Waals surface area contributed by atoms with E-state index in [9.17, 15) is 4.79 Å². The Hall–Kier alpha value is -0.850. The van der Waals surface area contributed by atoms with Crippen molar-refractivity contribution in [1.82, 2.24) is 0 Å². The van der Waals surface area contributed by atoms with Crippen molar-refractivity contribution in [2.75, 3.05) is 46.2 Å². The average Bonchev–Trinajstić information content (AvgIpc) is 2.22. The summed E-state index contributed by atoms with van der Waals surface area (Å²) in [6.07, 6.45) is -0.666. The van der Waals surface area contributed by atoms with E-state index >= 15 is 0 Å². The highest BCUT2D eigenvalue weighted by atomic mass is 16.7. The quantitative estimate of drug-likeness (QED) is 0.441. The molecule has 0 unspecified atom stereocenters. The van der Waals surface area contributed by atoms with E-state index in [2.05, 4.69) is 9.47 Å². The molecule has 0 atom stereocenters. The molecule has 0 aromatic carbocycles. The lowest BCUT2D eigenvalue weighted by Gasteiger charge is -2.06. The smallest absolute Gasteiger partial charge is 0.435 e. The minimum absolute atomic E-state index is 0.190.